The molecule has 0 amide bonds. The SMILES string of the molecule is CCC(C)N(c1ccccc1)c1cc(C)n(C)c(=O)c1. The van der Waals surface area contributed by atoms with E-state index in [1.165, 1.54) is 0 Å². The zero-order valence-electron chi connectivity index (χ0n) is 12.6. The first kappa shape index (κ1) is 14.4. The molecule has 1 unspecified atom stereocenters. The van der Waals surface area contributed by atoms with Crippen LogP contribution in [0.15, 0.2) is 47.3 Å². The molecule has 0 bridgehead atoms. The van der Waals surface area contributed by atoms with Crippen LogP contribution in [-0.4, -0.2) is 10.6 Å². The van der Waals surface area contributed by atoms with E-state index >= 15 is 0 Å². The van der Waals surface area contributed by atoms with Gasteiger partial charge in [0.05, 0.1) is 0 Å². The number of hydrogen-bond donors (Lipinski definition) is 0. The van der Waals surface area contributed by atoms with Crippen LogP contribution in [0.5, 0.6) is 0 Å². The molecule has 106 valence electrons. The van der Waals surface area contributed by atoms with E-state index in [2.05, 4.69) is 36.9 Å². The standard InChI is InChI=1S/C17H22N2O/c1-5-13(2)19(15-9-7-6-8-10-15)16-11-14(3)18(4)17(20)12-16/h6-13H,5H2,1-4H3. The van der Waals surface area contributed by atoms with E-state index in [1.54, 1.807) is 17.7 Å². The van der Waals surface area contributed by atoms with E-state index in [-0.39, 0.29) is 5.56 Å². The summed E-state index contributed by atoms with van der Waals surface area (Å²) in [5.74, 6) is 0. The summed E-state index contributed by atoms with van der Waals surface area (Å²) in [5.41, 5.74) is 3.08. The highest BCUT2D eigenvalue weighted by Gasteiger charge is 2.16. The third-order valence-corrected chi connectivity index (χ3v) is 3.83. The Labute approximate surface area is 120 Å². The second kappa shape index (κ2) is 5.95. The fourth-order valence-corrected chi connectivity index (χ4v) is 2.32. The second-order valence-electron chi connectivity index (χ2n) is 5.21. The van der Waals surface area contributed by atoms with Crippen LogP contribution in [0, 0.1) is 6.92 Å². The molecular weight excluding hydrogens is 248 g/mol. The molecule has 1 aromatic heterocycles. The van der Waals surface area contributed by atoms with Crippen molar-refractivity contribution in [3.8, 4) is 0 Å². The number of aryl methyl sites for hydroxylation is 1. The van der Waals surface area contributed by atoms with E-state index in [4.69, 9.17) is 0 Å². The molecular formula is C17H22N2O. The molecule has 0 aliphatic rings. The Morgan fingerprint density at radius 1 is 1.15 bits per heavy atom. The van der Waals surface area contributed by atoms with Crippen LogP contribution >= 0.6 is 0 Å². The quantitative estimate of drug-likeness (QED) is 0.847. The van der Waals surface area contributed by atoms with Crippen LogP contribution in [0.4, 0.5) is 11.4 Å². The number of rotatable bonds is 4. The topological polar surface area (TPSA) is 25.2 Å². The van der Waals surface area contributed by atoms with Crippen molar-refractivity contribution in [1.82, 2.24) is 4.57 Å². The van der Waals surface area contributed by atoms with Crippen molar-refractivity contribution < 1.29 is 0 Å². The average molecular weight is 270 g/mol. The normalized spacial score (nSPS) is 12.2. The van der Waals surface area contributed by atoms with Crippen LogP contribution in [0.25, 0.3) is 0 Å². The molecule has 0 fully saturated rings. The highest BCUT2D eigenvalue weighted by Crippen LogP contribution is 2.28. The van der Waals surface area contributed by atoms with E-state index in [0.29, 0.717) is 6.04 Å². The summed E-state index contributed by atoms with van der Waals surface area (Å²) < 4.78 is 1.67. The Morgan fingerprint density at radius 2 is 1.80 bits per heavy atom. The molecule has 1 aromatic carbocycles. The highest BCUT2D eigenvalue weighted by atomic mass is 16.1. The Bertz CT molecular complexity index is 631. The van der Waals surface area contributed by atoms with Crippen LogP contribution in [0.1, 0.15) is 26.0 Å². The third-order valence-electron chi connectivity index (χ3n) is 3.83. The van der Waals surface area contributed by atoms with Gasteiger partial charge in [-0.2, -0.15) is 0 Å². The second-order valence-corrected chi connectivity index (χ2v) is 5.21. The minimum Gasteiger partial charge on any atom is -0.338 e. The van der Waals surface area contributed by atoms with E-state index in [1.807, 2.05) is 25.1 Å². The highest BCUT2D eigenvalue weighted by molar-refractivity contribution is 5.64. The molecule has 2 rings (SSSR count). The molecule has 0 radical (unpaired) electrons. The van der Waals surface area contributed by atoms with Crippen LogP contribution in [-0.2, 0) is 7.05 Å². The van der Waals surface area contributed by atoms with Crippen molar-refractivity contribution in [2.75, 3.05) is 4.90 Å². The largest absolute Gasteiger partial charge is 0.338 e. The Kier molecular flexibility index (Phi) is 4.28. The fourth-order valence-electron chi connectivity index (χ4n) is 2.32. The average Bonchev–Trinajstić information content (AvgIpc) is 2.46. The number of nitrogens with zero attached hydrogens (tertiary/aromatic N) is 2. The molecule has 2 aromatic rings. The minimum atomic E-state index is 0.0317. The zero-order chi connectivity index (χ0) is 14.7. The molecule has 0 spiro atoms. The van der Waals surface area contributed by atoms with Crippen molar-refractivity contribution in [3.05, 3.63) is 58.5 Å². The lowest BCUT2D eigenvalue weighted by Crippen LogP contribution is -2.30. The van der Waals surface area contributed by atoms with Gasteiger partial charge in [0.15, 0.2) is 0 Å². The van der Waals surface area contributed by atoms with Gasteiger partial charge in [0, 0.05) is 36.2 Å². The lowest BCUT2D eigenvalue weighted by atomic mass is 10.1. The monoisotopic (exact) mass is 270 g/mol. The van der Waals surface area contributed by atoms with Gasteiger partial charge in [-0.05, 0) is 38.5 Å². The number of anilines is 2. The Balaban J connectivity index is 2.56. The van der Waals surface area contributed by atoms with Crippen molar-refractivity contribution in [2.24, 2.45) is 7.05 Å². The Hall–Kier alpha value is -2.03. The number of pyridine rings is 1. The van der Waals surface area contributed by atoms with Gasteiger partial charge in [-0.1, -0.05) is 25.1 Å². The summed E-state index contributed by atoms with van der Waals surface area (Å²) in [6.45, 7) is 6.30. The summed E-state index contributed by atoms with van der Waals surface area (Å²) in [4.78, 5) is 14.3. The van der Waals surface area contributed by atoms with Crippen LogP contribution in [0.2, 0.25) is 0 Å². The number of benzene rings is 1. The lowest BCUT2D eigenvalue weighted by Gasteiger charge is -2.31. The first-order valence-electron chi connectivity index (χ1n) is 7.06. The first-order chi connectivity index (χ1) is 9.54. The summed E-state index contributed by atoms with van der Waals surface area (Å²) in [6.07, 6.45) is 1.02. The molecule has 0 saturated carbocycles. The maximum atomic E-state index is 12.0. The predicted molar refractivity (Wildman–Crippen MR) is 84.8 cm³/mol. The summed E-state index contributed by atoms with van der Waals surface area (Å²) in [5, 5.41) is 0. The van der Waals surface area contributed by atoms with E-state index in [9.17, 15) is 4.79 Å². The van der Waals surface area contributed by atoms with Gasteiger partial charge in [0.1, 0.15) is 0 Å². The Morgan fingerprint density at radius 3 is 2.35 bits per heavy atom. The number of aromatic nitrogens is 1. The minimum absolute atomic E-state index is 0.0317. The van der Waals surface area contributed by atoms with Gasteiger partial charge in [-0.15, -0.1) is 0 Å². The van der Waals surface area contributed by atoms with Crippen molar-refractivity contribution >= 4 is 11.4 Å². The molecule has 0 N–H and O–H groups in total. The van der Waals surface area contributed by atoms with Crippen LogP contribution in [0.3, 0.4) is 0 Å². The molecule has 20 heavy (non-hydrogen) atoms. The first-order valence-corrected chi connectivity index (χ1v) is 7.06. The smallest absolute Gasteiger partial charge is 0.252 e. The zero-order valence-corrected chi connectivity index (χ0v) is 12.6. The van der Waals surface area contributed by atoms with Gasteiger partial charge in [-0.25, -0.2) is 0 Å². The molecule has 0 saturated heterocycles. The van der Waals surface area contributed by atoms with E-state index in [0.717, 1.165) is 23.5 Å². The van der Waals surface area contributed by atoms with Crippen LogP contribution < -0.4 is 10.5 Å². The van der Waals surface area contributed by atoms with Crippen molar-refractivity contribution in [1.29, 1.82) is 0 Å². The van der Waals surface area contributed by atoms with Crippen molar-refractivity contribution in [3.63, 3.8) is 0 Å². The van der Waals surface area contributed by atoms with Gasteiger partial charge < -0.3 is 9.47 Å². The molecule has 3 heteroatoms. The molecule has 1 atom stereocenters. The van der Waals surface area contributed by atoms with Gasteiger partial charge >= 0.3 is 0 Å². The molecule has 1 heterocycles. The molecule has 3 nitrogen and oxygen atoms in total. The molecule has 0 aliphatic carbocycles. The van der Waals surface area contributed by atoms with Gasteiger partial charge in [-0.3, -0.25) is 4.79 Å². The third kappa shape index (κ3) is 2.77. The number of para-hydroxylation sites is 1. The maximum Gasteiger partial charge on any atom is 0.252 e. The summed E-state index contributed by atoms with van der Waals surface area (Å²) in [6, 6.07) is 14.3. The molecule has 0 aliphatic heterocycles. The summed E-state index contributed by atoms with van der Waals surface area (Å²) in [7, 11) is 1.80. The van der Waals surface area contributed by atoms with E-state index < -0.39 is 0 Å². The van der Waals surface area contributed by atoms with Gasteiger partial charge in [0.25, 0.3) is 5.56 Å². The van der Waals surface area contributed by atoms with Crippen molar-refractivity contribution in [2.45, 2.75) is 33.2 Å². The fraction of sp³-hybridized carbons (Fsp3) is 0.353. The maximum absolute atomic E-state index is 12.0. The summed E-state index contributed by atoms with van der Waals surface area (Å²) >= 11 is 0. The number of hydrogen-bond acceptors (Lipinski definition) is 2. The van der Waals surface area contributed by atoms with Gasteiger partial charge in [0.2, 0.25) is 0 Å². The lowest BCUT2D eigenvalue weighted by molar-refractivity contribution is 0.684. The predicted octanol–water partition coefficient (Wildman–Crippen LogP) is 3.63.